The van der Waals surface area contributed by atoms with Gasteiger partial charge in [-0.15, -0.1) is 0 Å². The predicted octanol–water partition coefficient (Wildman–Crippen LogP) is 4.20. The summed E-state index contributed by atoms with van der Waals surface area (Å²) in [5, 5.41) is 3.97. The Balaban J connectivity index is 1.65. The lowest BCUT2D eigenvalue weighted by molar-refractivity contribution is 0.246. The molecule has 0 saturated heterocycles. The van der Waals surface area contributed by atoms with Crippen molar-refractivity contribution in [1.82, 2.24) is 0 Å². The van der Waals surface area contributed by atoms with Crippen LogP contribution in [0.4, 0.5) is 10.1 Å². The van der Waals surface area contributed by atoms with Crippen molar-refractivity contribution in [3.63, 3.8) is 0 Å². The van der Waals surface area contributed by atoms with Crippen LogP contribution in [0.1, 0.15) is 11.1 Å². The SMILES string of the molecule is Cc1c(F)cccc1NCC1Cc2cc(Cl)ccc2O1. The Morgan fingerprint density at radius 2 is 2.20 bits per heavy atom. The Morgan fingerprint density at radius 1 is 1.35 bits per heavy atom. The lowest BCUT2D eigenvalue weighted by Gasteiger charge is -2.14. The van der Waals surface area contributed by atoms with Crippen molar-refractivity contribution in [2.75, 3.05) is 11.9 Å². The van der Waals surface area contributed by atoms with E-state index in [2.05, 4.69) is 5.32 Å². The Hall–Kier alpha value is -1.74. The van der Waals surface area contributed by atoms with E-state index in [1.54, 1.807) is 13.0 Å². The zero-order chi connectivity index (χ0) is 14.1. The van der Waals surface area contributed by atoms with Gasteiger partial charge in [0.2, 0.25) is 0 Å². The zero-order valence-corrected chi connectivity index (χ0v) is 11.9. The van der Waals surface area contributed by atoms with Gasteiger partial charge in [0.05, 0.1) is 6.54 Å². The lowest BCUT2D eigenvalue weighted by atomic mass is 10.1. The Morgan fingerprint density at radius 3 is 3.05 bits per heavy atom. The zero-order valence-electron chi connectivity index (χ0n) is 11.1. The minimum atomic E-state index is -0.197. The third-order valence-electron chi connectivity index (χ3n) is 3.55. The van der Waals surface area contributed by atoms with E-state index in [-0.39, 0.29) is 11.9 Å². The second-order valence-corrected chi connectivity index (χ2v) is 5.43. The molecule has 0 bridgehead atoms. The molecule has 0 radical (unpaired) electrons. The van der Waals surface area contributed by atoms with Crippen molar-refractivity contribution in [1.29, 1.82) is 0 Å². The topological polar surface area (TPSA) is 21.3 Å². The smallest absolute Gasteiger partial charge is 0.128 e. The summed E-state index contributed by atoms with van der Waals surface area (Å²) in [6, 6.07) is 10.7. The molecule has 4 heteroatoms. The Labute approximate surface area is 122 Å². The fourth-order valence-electron chi connectivity index (χ4n) is 2.43. The van der Waals surface area contributed by atoms with Gasteiger partial charge in [-0.1, -0.05) is 17.7 Å². The van der Waals surface area contributed by atoms with E-state index in [4.69, 9.17) is 16.3 Å². The molecule has 1 atom stereocenters. The van der Waals surface area contributed by atoms with E-state index in [0.29, 0.717) is 12.1 Å². The maximum Gasteiger partial charge on any atom is 0.128 e. The minimum Gasteiger partial charge on any atom is -0.488 e. The van der Waals surface area contributed by atoms with Crippen LogP contribution in [0, 0.1) is 12.7 Å². The minimum absolute atomic E-state index is 0.0473. The molecule has 0 fully saturated rings. The van der Waals surface area contributed by atoms with Gasteiger partial charge in [-0.05, 0) is 42.8 Å². The van der Waals surface area contributed by atoms with Crippen LogP contribution in [0.25, 0.3) is 0 Å². The van der Waals surface area contributed by atoms with Crippen LogP contribution in [-0.2, 0) is 6.42 Å². The van der Waals surface area contributed by atoms with Gasteiger partial charge in [-0.2, -0.15) is 0 Å². The monoisotopic (exact) mass is 291 g/mol. The molecule has 3 rings (SSSR count). The Bertz CT molecular complexity index is 644. The maximum absolute atomic E-state index is 13.5. The van der Waals surface area contributed by atoms with Crippen LogP contribution in [0.15, 0.2) is 36.4 Å². The molecule has 1 unspecified atom stereocenters. The van der Waals surface area contributed by atoms with Crippen molar-refractivity contribution in [3.8, 4) is 5.75 Å². The van der Waals surface area contributed by atoms with Crippen LogP contribution >= 0.6 is 11.6 Å². The molecule has 1 aliphatic heterocycles. The van der Waals surface area contributed by atoms with Gasteiger partial charge in [-0.25, -0.2) is 4.39 Å². The van der Waals surface area contributed by atoms with Gasteiger partial charge in [0, 0.05) is 22.7 Å². The quantitative estimate of drug-likeness (QED) is 0.915. The summed E-state index contributed by atoms with van der Waals surface area (Å²) in [6.07, 6.45) is 0.864. The molecule has 0 aromatic heterocycles. The second kappa shape index (κ2) is 5.33. The van der Waals surface area contributed by atoms with Crippen molar-refractivity contribution >= 4 is 17.3 Å². The molecule has 2 nitrogen and oxygen atoms in total. The highest BCUT2D eigenvalue weighted by molar-refractivity contribution is 6.30. The number of hydrogen-bond donors (Lipinski definition) is 1. The van der Waals surface area contributed by atoms with Gasteiger partial charge in [0.25, 0.3) is 0 Å². The molecule has 0 spiro atoms. The number of fused-ring (bicyclic) bond motifs is 1. The first kappa shape index (κ1) is 13.3. The van der Waals surface area contributed by atoms with E-state index in [0.717, 1.165) is 28.4 Å². The lowest BCUT2D eigenvalue weighted by Crippen LogP contribution is -2.24. The first-order chi connectivity index (χ1) is 9.63. The number of halogens is 2. The summed E-state index contributed by atoms with van der Waals surface area (Å²) >= 11 is 5.97. The highest BCUT2D eigenvalue weighted by atomic mass is 35.5. The average molecular weight is 292 g/mol. The standard InChI is InChI=1S/C16H15ClFNO/c1-10-14(18)3-2-4-15(10)19-9-13-8-11-7-12(17)5-6-16(11)20-13/h2-7,13,19H,8-9H2,1H3. The van der Waals surface area contributed by atoms with Gasteiger partial charge in [0.1, 0.15) is 17.7 Å². The molecule has 0 aliphatic carbocycles. The number of benzene rings is 2. The second-order valence-electron chi connectivity index (χ2n) is 4.99. The van der Waals surface area contributed by atoms with Crippen LogP contribution in [-0.4, -0.2) is 12.6 Å². The summed E-state index contributed by atoms with van der Waals surface area (Å²) in [7, 11) is 0. The third kappa shape index (κ3) is 2.59. The Kier molecular flexibility index (Phi) is 3.53. The first-order valence-corrected chi connectivity index (χ1v) is 6.95. The van der Waals surface area contributed by atoms with Crippen LogP contribution < -0.4 is 10.1 Å². The van der Waals surface area contributed by atoms with Crippen molar-refractivity contribution in [2.45, 2.75) is 19.4 Å². The molecule has 20 heavy (non-hydrogen) atoms. The molecular weight excluding hydrogens is 277 g/mol. The molecule has 0 saturated carbocycles. The van der Waals surface area contributed by atoms with E-state index in [9.17, 15) is 4.39 Å². The van der Waals surface area contributed by atoms with Gasteiger partial charge in [0.15, 0.2) is 0 Å². The molecular formula is C16H15ClFNO. The van der Waals surface area contributed by atoms with Crippen LogP contribution in [0.3, 0.4) is 0 Å². The number of rotatable bonds is 3. The molecule has 0 amide bonds. The first-order valence-electron chi connectivity index (χ1n) is 6.57. The summed E-state index contributed by atoms with van der Waals surface area (Å²) < 4.78 is 19.3. The fourth-order valence-corrected chi connectivity index (χ4v) is 2.62. The normalized spacial score (nSPS) is 16.6. The van der Waals surface area contributed by atoms with E-state index < -0.39 is 0 Å². The van der Waals surface area contributed by atoms with Crippen LogP contribution in [0.2, 0.25) is 5.02 Å². The number of nitrogens with one attached hydrogen (secondary N) is 1. The van der Waals surface area contributed by atoms with E-state index >= 15 is 0 Å². The maximum atomic E-state index is 13.5. The number of anilines is 1. The summed E-state index contributed by atoms with van der Waals surface area (Å²) in [4.78, 5) is 0. The predicted molar refractivity (Wildman–Crippen MR) is 79.2 cm³/mol. The average Bonchev–Trinajstić information content (AvgIpc) is 2.82. The van der Waals surface area contributed by atoms with Crippen molar-refractivity contribution in [3.05, 3.63) is 58.4 Å². The largest absolute Gasteiger partial charge is 0.488 e. The molecule has 2 aromatic carbocycles. The van der Waals surface area contributed by atoms with E-state index in [1.807, 2.05) is 24.3 Å². The van der Waals surface area contributed by atoms with E-state index in [1.165, 1.54) is 6.07 Å². The highest BCUT2D eigenvalue weighted by Crippen LogP contribution is 2.31. The molecule has 2 aromatic rings. The fraction of sp³-hybridized carbons (Fsp3) is 0.250. The van der Waals surface area contributed by atoms with Gasteiger partial charge >= 0.3 is 0 Å². The number of hydrogen-bond acceptors (Lipinski definition) is 2. The third-order valence-corrected chi connectivity index (χ3v) is 3.79. The number of ether oxygens (including phenoxy) is 1. The molecule has 1 aliphatic rings. The van der Waals surface area contributed by atoms with Crippen LogP contribution in [0.5, 0.6) is 5.75 Å². The summed E-state index contributed by atoms with van der Waals surface area (Å²) in [5.74, 6) is 0.689. The van der Waals surface area contributed by atoms with Crippen molar-refractivity contribution < 1.29 is 9.13 Å². The van der Waals surface area contributed by atoms with Gasteiger partial charge < -0.3 is 10.1 Å². The summed E-state index contributed by atoms with van der Waals surface area (Å²) in [6.45, 7) is 2.40. The van der Waals surface area contributed by atoms with Gasteiger partial charge in [-0.3, -0.25) is 0 Å². The molecule has 104 valence electrons. The highest BCUT2D eigenvalue weighted by Gasteiger charge is 2.22. The molecule has 1 heterocycles. The molecule has 1 N–H and O–H groups in total. The van der Waals surface area contributed by atoms with Crippen molar-refractivity contribution in [2.24, 2.45) is 0 Å². The summed E-state index contributed by atoms with van der Waals surface area (Å²) in [5.41, 5.74) is 2.56.